The lowest BCUT2D eigenvalue weighted by Gasteiger charge is -2.17. The van der Waals surface area contributed by atoms with E-state index < -0.39 is 0 Å². The maximum absolute atomic E-state index is 5.51. The van der Waals surface area contributed by atoms with Crippen LogP contribution in [0.1, 0.15) is 31.6 Å². The monoisotopic (exact) mass is 319 g/mol. The Kier molecular flexibility index (Phi) is 8.33. The van der Waals surface area contributed by atoms with Crippen molar-refractivity contribution in [2.75, 3.05) is 33.5 Å². The van der Waals surface area contributed by atoms with Crippen LogP contribution in [-0.4, -0.2) is 33.5 Å². The van der Waals surface area contributed by atoms with Gasteiger partial charge in [-0.2, -0.15) is 0 Å². The molecule has 18 heavy (non-hydrogen) atoms. The van der Waals surface area contributed by atoms with E-state index in [0.717, 1.165) is 29.6 Å². The standard InChI is InChI=1S/C13H22BrNO3/c1-3-6-15-12(5-7-17-10-9-16-2)13-11(14)4-8-18-13/h4,8,12,15H,3,5-7,9-10H2,1-2H3. The van der Waals surface area contributed by atoms with Crippen LogP contribution in [0.25, 0.3) is 0 Å². The van der Waals surface area contributed by atoms with Crippen molar-refractivity contribution in [1.82, 2.24) is 5.32 Å². The second-order valence-electron chi connectivity index (χ2n) is 4.03. The number of rotatable bonds is 10. The predicted molar refractivity (Wildman–Crippen MR) is 74.8 cm³/mol. The smallest absolute Gasteiger partial charge is 0.134 e. The van der Waals surface area contributed by atoms with E-state index in [-0.39, 0.29) is 6.04 Å². The summed E-state index contributed by atoms with van der Waals surface area (Å²) in [7, 11) is 1.68. The van der Waals surface area contributed by atoms with Crippen LogP contribution in [-0.2, 0) is 9.47 Å². The molecule has 0 fully saturated rings. The summed E-state index contributed by atoms with van der Waals surface area (Å²) in [6, 6.07) is 2.11. The summed E-state index contributed by atoms with van der Waals surface area (Å²) in [4.78, 5) is 0. The van der Waals surface area contributed by atoms with Gasteiger partial charge in [0.05, 0.1) is 30.0 Å². The fourth-order valence-electron chi connectivity index (χ4n) is 1.64. The average molecular weight is 320 g/mol. The van der Waals surface area contributed by atoms with Crippen molar-refractivity contribution >= 4 is 15.9 Å². The van der Waals surface area contributed by atoms with Gasteiger partial charge in [0.2, 0.25) is 0 Å². The molecule has 0 saturated heterocycles. The summed E-state index contributed by atoms with van der Waals surface area (Å²) >= 11 is 3.50. The predicted octanol–water partition coefficient (Wildman–Crippen LogP) is 3.14. The average Bonchev–Trinajstić information content (AvgIpc) is 2.79. The number of hydrogen-bond donors (Lipinski definition) is 1. The minimum atomic E-state index is 0.192. The molecule has 0 saturated carbocycles. The van der Waals surface area contributed by atoms with Gasteiger partial charge in [-0.15, -0.1) is 0 Å². The molecule has 1 N–H and O–H groups in total. The van der Waals surface area contributed by atoms with E-state index in [1.165, 1.54) is 0 Å². The topological polar surface area (TPSA) is 43.6 Å². The molecule has 1 aromatic rings. The van der Waals surface area contributed by atoms with E-state index in [0.29, 0.717) is 19.8 Å². The first-order chi connectivity index (χ1) is 8.79. The van der Waals surface area contributed by atoms with Gasteiger partial charge < -0.3 is 19.2 Å². The molecule has 0 radical (unpaired) electrons. The van der Waals surface area contributed by atoms with Crippen LogP contribution in [0.3, 0.4) is 0 Å². The van der Waals surface area contributed by atoms with Crippen molar-refractivity contribution in [3.63, 3.8) is 0 Å². The van der Waals surface area contributed by atoms with Gasteiger partial charge in [0, 0.05) is 13.7 Å². The van der Waals surface area contributed by atoms with Crippen molar-refractivity contribution < 1.29 is 13.9 Å². The summed E-state index contributed by atoms with van der Waals surface area (Å²) in [6.45, 7) is 5.08. The molecule has 0 bridgehead atoms. The fraction of sp³-hybridized carbons (Fsp3) is 0.692. The number of methoxy groups -OCH3 is 1. The van der Waals surface area contributed by atoms with Gasteiger partial charge in [0.1, 0.15) is 5.76 Å². The molecule has 104 valence electrons. The maximum Gasteiger partial charge on any atom is 0.134 e. The molecule has 0 aromatic carbocycles. The van der Waals surface area contributed by atoms with Crippen LogP contribution in [0, 0.1) is 0 Å². The largest absolute Gasteiger partial charge is 0.466 e. The Balaban J connectivity index is 2.39. The lowest BCUT2D eigenvalue weighted by Crippen LogP contribution is -2.23. The Morgan fingerprint density at radius 1 is 1.39 bits per heavy atom. The Morgan fingerprint density at radius 3 is 2.83 bits per heavy atom. The number of ether oxygens (including phenoxy) is 2. The van der Waals surface area contributed by atoms with Crippen LogP contribution in [0.15, 0.2) is 21.2 Å². The highest BCUT2D eigenvalue weighted by Gasteiger charge is 2.16. The highest BCUT2D eigenvalue weighted by Crippen LogP contribution is 2.26. The quantitative estimate of drug-likeness (QED) is 0.673. The maximum atomic E-state index is 5.51. The molecule has 1 heterocycles. The van der Waals surface area contributed by atoms with Crippen molar-refractivity contribution in [3.05, 3.63) is 22.6 Å². The minimum absolute atomic E-state index is 0.192. The third-order valence-electron chi connectivity index (χ3n) is 2.58. The van der Waals surface area contributed by atoms with Crippen LogP contribution >= 0.6 is 15.9 Å². The number of furan rings is 1. The van der Waals surface area contributed by atoms with Crippen molar-refractivity contribution in [3.8, 4) is 0 Å². The Bertz CT molecular complexity index is 317. The SMILES string of the molecule is CCCNC(CCOCCOC)c1occc1Br. The van der Waals surface area contributed by atoms with Crippen LogP contribution in [0.2, 0.25) is 0 Å². The Morgan fingerprint density at radius 2 is 2.22 bits per heavy atom. The molecule has 1 atom stereocenters. The van der Waals surface area contributed by atoms with E-state index in [9.17, 15) is 0 Å². The molecule has 1 aromatic heterocycles. The van der Waals surface area contributed by atoms with Crippen molar-refractivity contribution in [2.24, 2.45) is 0 Å². The second-order valence-corrected chi connectivity index (χ2v) is 4.89. The van der Waals surface area contributed by atoms with Crippen molar-refractivity contribution in [1.29, 1.82) is 0 Å². The fourth-order valence-corrected chi connectivity index (χ4v) is 2.12. The van der Waals surface area contributed by atoms with E-state index in [4.69, 9.17) is 13.9 Å². The lowest BCUT2D eigenvalue weighted by atomic mass is 10.1. The van der Waals surface area contributed by atoms with Crippen LogP contribution in [0.4, 0.5) is 0 Å². The van der Waals surface area contributed by atoms with Gasteiger partial charge in [-0.3, -0.25) is 0 Å². The van der Waals surface area contributed by atoms with E-state index >= 15 is 0 Å². The van der Waals surface area contributed by atoms with Gasteiger partial charge in [-0.25, -0.2) is 0 Å². The molecular formula is C13H22BrNO3. The van der Waals surface area contributed by atoms with Crippen LogP contribution < -0.4 is 5.32 Å². The zero-order chi connectivity index (χ0) is 13.2. The molecule has 1 rings (SSSR count). The summed E-state index contributed by atoms with van der Waals surface area (Å²) in [5, 5.41) is 3.47. The van der Waals surface area contributed by atoms with E-state index in [1.807, 2.05) is 6.07 Å². The van der Waals surface area contributed by atoms with E-state index in [1.54, 1.807) is 13.4 Å². The zero-order valence-electron chi connectivity index (χ0n) is 11.1. The highest BCUT2D eigenvalue weighted by atomic mass is 79.9. The van der Waals surface area contributed by atoms with Gasteiger partial charge in [-0.1, -0.05) is 6.92 Å². The van der Waals surface area contributed by atoms with Crippen molar-refractivity contribution in [2.45, 2.75) is 25.8 Å². The molecule has 1 unspecified atom stereocenters. The minimum Gasteiger partial charge on any atom is -0.466 e. The Hall–Kier alpha value is -0.360. The molecule has 0 aliphatic heterocycles. The third-order valence-corrected chi connectivity index (χ3v) is 3.24. The first-order valence-electron chi connectivity index (χ1n) is 6.32. The number of hydrogen-bond acceptors (Lipinski definition) is 4. The zero-order valence-corrected chi connectivity index (χ0v) is 12.7. The molecule has 0 amide bonds. The molecule has 0 aliphatic rings. The summed E-state index contributed by atoms with van der Waals surface area (Å²) in [6.07, 6.45) is 3.68. The van der Waals surface area contributed by atoms with Crippen LogP contribution in [0.5, 0.6) is 0 Å². The normalized spacial score (nSPS) is 12.8. The number of halogens is 1. The summed E-state index contributed by atoms with van der Waals surface area (Å²) < 4.78 is 17.0. The Labute approximate surface area is 117 Å². The molecule has 0 spiro atoms. The second kappa shape index (κ2) is 9.55. The van der Waals surface area contributed by atoms with Gasteiger partial charge >= 0.3 is 0 Å². The van der Waals surface area contributed by atoms with Gasteiger partial charge in [0.15, 0.2) is 0 Å². The summed E-state index contributed by atoms with van der Waals surface area (Å²) in [5.41, 5.74) is 0. The highest BCUT2D eigenvalue weighted by molar-refractivity contribution is 9.10. The van der Waals surface area contributed by atoms with E-state index in [2.05, 4.69) is 28.2 Å². The third kappa shape index (κ3) is 5.52. The molecule has 0 aliphatic carbocycles. The van der Waals surface area contributed by atoms with Gasteiger partial charge in [-0.05, 0) is 41.4 Å². The molecule has 5 heteroatoms. The number of nitrogens with one attached hydrogen (secondary N) is 1. The van der Waals surface area contributed by atoms with Gasteiger partial charge in [0.25, 0.3) is 0 Å². The summed E-state index contributed by atoms with van der Waals surface area (Å²) in [5.74, 6) is 0.943. The first-order valence-corrected chi connectivity index (χ1v) is 7.11. The first kappa shape index (κ1) is 15.7. The molecular weight excluding hydrogens is 298 g/mol. The molecule has 4 nitrogen and oxygen atoms in total. The lowest BCUT2D eigenvalue weighted by molar-refractivity contribution is 0.0648.